The lowest BCUT2D eigenvalue weighted by molar-refractivity contribution is 0.263. The van der Waals surface area contributed by atoms with Gasteiger partial charge in [0.05, 0.1) is 4.90 Å². The van der Waals surface area contributed by atoms with Crippen LogP contribution in [0, 0.1) is 5.92 Å². The molecule has 1 atom stereocenters. The Balaban J connectivity index is 2.15. The molecule has 1 saturated heterocycles. The second kappa shape index (κ2) is 5.42. The zero-order valence-corrected chi connectivity index (χ0v) is 11.8. The largest absolute Gasteiger partial charge is 0.356 e. The van der Waals surface area contributed by atoms with Crippen molar-refractivity contribution >= 4 is 10.0 Å². The average molecular weight is 271 g/mol. The molecule has 1 aliphatic heterocycles. The number of rotatable bonds is 4. The Labute approximate surface area is 109 Å². The number of hydrogen-bond donors (Lipinski definition) is 1. The van der Waals surface area contributed by atoms with E-state index in [-0.39, 0.29) is 0 Å². The predicted octanol–water partition coefficient (Wildman–Crippen LogP) is 0.645. The monoisotopic (exact) mass is 271 g/mol. The quantitative estimate of drug-likeness (QED) is 0.874. The first-order valence-electron chi connectivity index (χ1n) is 6.31. The summed E-state index contributed by atoms with van der Waals surface area (Å²) < 4.78 is 28.3. The molecule has 1 aromatic heterocycles. The first-order valence-corrected chi connectivity index (χ1v) is 7.75. The van der Waals surface area contributed by atoms with Crippen molar-refractivity contribution in [2.24, 2.45) is 13.0 Å². The lowest BCUT2D eigenvalue weighted by Gasteiger charge is -2.31. The second-order valence-electron chi connectivity index (χ2n) is 4.94. The molecule has 0 radical (unpaired) electrons. The Morgan fingerprint density at radius 3 is 2.89 bits per heavy atom. The molecule has 1 fully saturated rings. The molecule has 1 N–H and O–H groups in total. The van der Waals surface area contributed by atoms with E-state index < -0.39 is 10.0 Å². The molecule has 1 aliphatic rings. The van der Waals surface area contributed by atoms with Gasteiger partial charge in [0.2, 0.25) is 10.0 Å². The molecule has 102 valence electrons. The Bertz CT molecular complexity index is 493. The lowest BCUT2D eigenvalue weighted by atomic mass is 10.00. The van der Waals surface area contributed by atoms with E-state index in [2.05, 4.69) is 5.32 Å². The third-order valence-corrected chi connectivity index (χ3v) is 5.27. The molecular weight excluding hydrogens is 250 g/mol. The highest BCUT2D eigenvalue weighted by molar-refractivity contribution is 7.89. The number of nitrogens with one attached hydrogen (secondary N) is 1. The van der Waals surface area contributed by atoms with E-state index >= 15 is 0 Å². The van der Waals surface area contributed by atoms with Gasteiger partial charge in [0.15, 0.2) is 0 Å². The number of aryl methyl sites for hydroxylation is 1. The molecule has 6 heteroatoms. The lowest BCUT2D eigenvalue weighted by Crippen LogP contribution is -2.42. The van der Waals surface area contributed by atoms with Gasteiger partial charge in [0, 0.05) is 32.5 Å². The topological polar surface area (TPSA) is 54.3 Å². The van der Waals surface area contributed by atoms with Crippen LogP contribution in [0.15, 0.2) is 23.4 Å². The summed E-state index contributed by atoms with van der Waals surface area (Å²) in [5, 5.41) is 3.13. The van der Waals surface area contributed by atoms with Gasteiger partial charge < -0.3 is 9.88 Å². The Morgan fingerprint density at radius 2 is 2.28 bits per heavy atom. The third kappa shape index (κ3) is 2.76. The number of aromatic nitrogens is 1. The molecule has 2 rings (SSSR count). The molecule has 0 aromatic carbocycles. The Hall–Kier alpha value is -0.850. The van der Waals surface area contributed by atoms with Gasteiger partial charge in [-0.25, -0.2) is 8.42 Å². The van der Waals surface area contributed by atoms with Crippen molar-refractivity contribution in [3.63, 3.8) is 0 Å². The maximum atomic E-state index is 12.4. The number of sulfonamides is 1. The molecule has 18 heavy (non-hydrogen) atoms. The van der Waals surface area contributed by atoms with Crippen LogP contribution in [0.2, 0.25) is 0 Å². The van der Waals surface area contributed by atoms with Crippen LogP contribution in [0.25, 0.3) is 0 Å². The number of piperidine rings is 1. The Morgan fingerprint density at radius 1 is 1.50 bits per heavy atom. The molecule has 1 aromatic rings. The SMILES string of the molecule is CNCC1CCCN(S(=O)(=O)c2ccn(C)c2)C1. The Kier molecular flexibility index (Phi) is 4.09. The van der Waals surface area contributed by atoms with Gasteiger partial charge in [-0.2, -0.15) is 4.31 Å². The minimum atomic E-state index is -3.31. The molecular formula is C12H21N3O2S. The fourth-order valence-electron chi connectivity index (χ4n) is 2.48. The smallest absolute Gasteiger partial charge is 0.244 e. The minimum Gasteiger partial charge on any atom is -0.356 e. The summed E-state index contributed by atoms with van der Waals surface area (Å²) in [5.74, 6) is 0.419. The van der Waals surface area contributed by atoms with Crippen LogP contribution in [-0.2, 0) is 17.1 Å². The van der Waals surface area contributed by atoms with Crippen molar-refractivity contribution in [3.05, 3.63) is 18.5 Å². The van der Waals surface area contributed by atoms with Gasteiger partial charge in [0.25, 0.3) is 0 Å². The zero-order valence-electron chi connectivity index (χ0n) is 11.0. The van der Waals surface area contributed by atoms with E-state index in [0.717, 1.165) is 19.4 Å². The van der Waals surface area contributed by atoms with Crippen LogP contribution < -0.4 is 5.32 Å². The van der Waals surface area contributed by atoms with Crippen LogP contribution in [0.5, 0.6) is 0 Å². The van der Waals surface area contributed by atoms with E-state index in [1.54, 1.807) is 27.3 Å². The van der Waals surface area contributed by atoms with E-state index in [1.165, 1.54) is 0 Å². The van der Waals surface area contributed by atoms with Gasteiger partial charge in [0.1, 0.15) is 0 Å². The van der Waals surface area contributed by atoms with Gasteiger partial charge in [-0.3, -0.25) is 0 Å². The fourth-order valence-corrected chi connectivity index (χ4v) is 4.09. The van der Waals surface area contributed by atoms with E-state index in [0.29, 0.717) is 23.9 Å². The van der Waals surface area contributed by atoms with Crippen molar-refractivity contribution in [1.29, 1.82) is 0 Å². The fraction of sp³-hybridized carbons (Fsp3) is 0.667. The molecule has 0 aliphatic carbocycles. The summed E-state index contributed by atoms with van der Waals surface area (Å²) in [6.07, 6.45) is 5.47. The predicted molar refractivity (Wildman–Crippen MR) is 70.8 cm³/mol. The van der Waals surface area contributed by atoms with Crippen LogP contribution >= 0.6 is 0 Å². The molecule has 0 amide bonds. The molecule has 0 saturated carbocycles. The van der Waals surface area contributed by atoms with Gasteiger partial charge >= 0.3 is 0 Å². The molecule has 0 bridgehead atoms. The maximum absolute atomic E-state index is 12.4. The summed E-state index contributed by atoms with van der Waals surface area (Å²) in [6.45, 7) is 2.14. The molecule has 5 nitrogen and oxygen atoms in total. The van der Waals surface area contributed by atoms with E-state index in [1.807, 2.05) is 14.1 Å². The summed E-state index contributed by atoms with van der Waals surface area (Å²) >= 11 is 0. The summed E-state index contributed by atoms with van der Waals surface area (Å²) in [5.41, 5.74) is 0. The highest BCUT2D eigenvalue weighted by Crippen LogP contribution is 2.23. The van der Waals surface area contributed by atoms with Crippen molar-refractivity contribution in [1.82, 2.24) is 14.2 Å². The molecule has 2 heterocycles. The number of hydrogen-bond acceptors (Lipinski definition) is 3. The van der Waals surface area contributed by atoms with Crippen molar-refractivity contribution < 1.29 is 8.42 Å². The second-order valence-corrected chi connectivity index (χ2v) is 6.88. The molecule has 0 spiro atoms. The highest BCUT2D eigenvalue weighted by Gasteiger charge is 2.30. The summed E-state index contributed by atoms with van der Waals surface area (Å²) in [7, 11) is 0.432. The van der Waals surface area contributed by atoms with Crippen molar-refractivity contribution in [2.45, 2.75) is 17.7 Å². The van der Waals surface area contributed by atoms with E-state index in [9.17, 15) is 8.42 Å². The molecule has 1 unspecified atom stereocenters. The standard InChI is InChI=1S/C12H21N3O2S/c1-13-8-11-4-3-6-15(9-11)18(16,17)12-5-7-14(2)10-12/h5,7,10-11,13H,3-4,6,8-9H2,1-2H3. The van der Waals surface area contributed by atoms with Gasteiger partial charge in [-0.05, 0) is 38.4 Å². The van der Waals surface area contributed by atoms with Crippen LogP contribution in [0.3, 0.4) is 0 Å². The minimum absolute atomic E-state index is 0.398. The van der Waals surface area contributed by atoms with Crippen LogP contribution in [0.4, 0.5) is 0 Å². The normalized spacial score (nSPS) is 22.2. The number of nitrogens with zero attached hydrogens (tertiary/aromatic N) is 2. The van der Waals surface area contributed by atoms with Crippen LogP contribution in [0.1, 0.15) is 12.8 Å². The summed E-state index contributed by atoms with van der Waals surface area (Å²) in [4.78, 5) is 0.398. The van der Waals surface area contributed by atoms with E-state index in [4.69, 9.17) is 0 Å². The van der Waals surface area contributed by atoms with Gasteiger partial charge in [-0.15, -0.1) is 0 Å². The first kappa shape index (κ1) is 13.6. The maximum Gasteiger partial charge on any atom is 0.244 e. The van der Waals surface area contributed by atoms with Crippen LogP contribution in [-0.4, -0.2) is 44.0 Å². The summed E-state index contributed by atoms with van der Waals surface area (Å²) in [6, 6.07) is 1.66. The third-order valence-electron chi connectivity index (χ3n) is 3.42. The van der Waals surface area contributed by atoms with Crippen molar-refractivity contribution in [3.8, 4) is 0 Å². The highest BCUT2D eigenvalue weighted by atomic mass is 32.2. The first-order chi connectivity index (χ1) is 8.54. The van der Waals surface area contributed by atoms with Crippen molar-refractivity contribution in [2.75, 3.05) is 26.7 Å². The zero-order chi connectivity index (χ0) is 13.2. The van der Waals surface area contributed by atoms with Gasteiger partial charge in [-0.1, -0.05) is 0 Å². The average Bonchev–Trinajstić information content (AvgIpc) is 2.77.